The van der Waals surface area contributed by atoms with E-state index in [2.05, 4.69) is 9.97 Å². The lowest BCUT2D eigenvalue weighted by atomic mass is 10.3. The molecular weight excluding hydrogens is 264 g/mol. The Morgan fingerprint density at radius 2 is 2.14 bits per heavy atom. The quantitative estimate of drug-likeness (QED) is 0.844. The van der Waals surface area contributed by atoms with E-state index in [0.717, 1.165) is 16.2 Å². The first-order chi connectivity index (χ1) is 6.40. The van der Waals surface area contributed by atoms with E-state index < -0.39 is 0 Å². The van der Waals surface area contributed by atoms with Gasteiger partial charge in [0.05, 0.1) is 17.6 Å². The molecule has 0 bridgehead atoms. The highest BCUT2D eigenvalue weighted by Crippen LogP contribution is 2.18. The van der Waals surface area contributed by atoms with Crippen LogP contribution in [0.4, 0.5) is 0 Å². The summed E-state index contributed by atoms with van der Waals surface area (Å²) in [5.41, 5.74) is 2.02. The number of hydrogen-bond donors (Lipinski definition) is 2. The molecule has 5 heteroatoms. The first kappa shape index (κ1) is 11.6. The van der Waals surface area contributed by atoms with E-state index in [9.17, 15) is 0 Å². The maximum Gasteiger partial charge on any atom is 0.166 e. The zero-order valence-corrected chi connectivity index (χ0v) is 9.96. The maximum atomic E-state index is 8.64. The van der Waals surface area contributed by atoms with Crippen LogP contribution in [0, 0.1) is 0 Å². The third-order valence-corrected chi connectivity index (χ3v) is 2.55. The van der Waals surface area contributed by atoms with Crippen molar-refractivity contribution in [3.05, 3.63) is 24.3 Å². The lowest BCUT2D eigenvalue weighted by Crippen LogP contribution is -1.85. The number of rotatable bonds is 3. The number of aliphatic hydroxyl groups excluding tert-OH is 1. The third kappa shape index (κ3) is 2.50. The van der Waals surface area contributed by atoms with Gasteiger partial charge < -0.3 is 10.1 Å². The number of hydrogen-bond acceptors (Lipinski definition) is 3. The minimum absolute atomic E-state index is 0. The number of para-hydroxylation sites is 2. The Hall–Kier alpha value is -0.520. The predicted octanol–water partition coefficient (Wildman–Crippen LogP) is 2.23. The lowest BCUT2D eigenvalue weighted by molar-refractivity contribution is 0.322. The summed E-state index contributed by atoms with van der Waals surface area (Å²) in [6.07, 6.45) is 0. The van der Waals surface area contributed by atoms with Crippen molar-refractivity contribution in [2.45, 2.75) is 5.16 Å². The normalized spacial score (nSPS) is 10.1. The average molecular weight is 275 g/mol. The second kappa shape index (κ2) is 5.38. The van der Waals surface area contributed by atoms with Gasteiger partial charge in [0, 0.05) is 5.75 Å². The summed E-state index contributed by atoms with van der Waals surface area (Å²) in [6, 6.07) is 7.89. The minimum Gasteiger partial charge on any atom is -0.396 e. The molecule has 0 saturated carbocycles. The van der Waals surface area contributed by atoms with E-state index in [1.807, 2.05) is 24.3 Å². The van der Waals surface area contributed by atoms with Crippen molar-refractivity contribution in [1.82, 2.24) is 9.97 Å². The van der Waals surface area contributed by atoms with Gasteiger partial charge in [-0.3, -0.25) is 0 Å². The van der Waals surface area contributed by atoms with Gasteiger partial charge >= 0.3 is 0 Å². The number of aromatic amines is 1. The van der Waals surface area contributed by atoms with Gasteiger partial charge in [-0.05, 0) is 12.1 Å². The molecule has 0 aliphatic heterocycles. The molecule has 1 aromatic heterocycles. The molecule has 0 spiro atoms. The zero-order valence-electron chi connectivity index (χ0n) is 7.43. The number of benzene rings is 1. The van der Waals surface area contributed by atoms with Crippen molar-refractivity contribution < 1.29 is 5.11 Å². The number of thioether (sulfide) groups is 1. The molecule has 1 aromatic carbocycles. The van der Waals surface area contributed by atoms with E-state index in [0.29, 0.717) is 5.75 Å². The standard InChI is InChI=1S/C9H10N2OS.BrH/c12-5-6-13-9-10-7-3-1-2-4-8(7)11-9;/h1-4,12H,5-6H2,(H,10,11);1H. The number of H-pyrrole nitrogens is 1. The molecule has 3 nitrogen and oxygen atoms in total. The molecule has 14 heavy (non-hydrogen) atoms. The fourth-order valence-electron chi connectivity index (χ4n) is 1.14. The highest BCUT2D eigenvalue weighted by Gasteiger charge is 2.00. The lowest BCUT2D eigenvalue weighted by Gasteiger charge is -1.90. The molecule has 0 radical (unpaired) electrons. The second-order valence-electron chi connectivity index (χ2n) is 2.63. The predicted molar refractivity (Wildman–Crippen MR) is 64.2 cm³/mol. The summed E-state index contributed by atoms with van der Waals surface area (Å²) in [6.45, 7) is 0.182. The van der Waals surface area contributed by atoms with Crippen molar-refractivity contribution in [2.75, 3.05) is 12.4 Å². The molecule has 0 aliphatic carbocycles. The first-order valence-electron chi connectivity index (χ1n) is 4.08. The average Bonchev–Trinajstić information content (AvgIpc) is 2.57. The van der Waals surface area contributed by atoms with E-state index in [1.54, 1.807) is 0 Å². The minimum atomic E-state index is 0. The van der Waals surface area contributed by atoms with E-state index in [-0.39, 0.29) is 23.6 Å². The fourth-order valence-corrected chi connectivity index (χ4v) is 1.77. The number of nitrogens with one attached hydrogen (secondary N) is 1. The Kier molecular flexibility index (Phi) is 4.44. The van der Waals surface area contributed by atoms with E-state index in [1.165, 1.54) is 11.8 Å². The van der Waals surface area contributed by atoms with Crippen LogP contribution in [-0.4, -0.2) is 27.4 Å². The topological polar surface area (TPSA) is 48.9 Å². The first-order valence-corrected chi connectivity index (χ1v) is 5.07. The molecule has 0 saturated heterocycles. The van der Waals surface area contributed by atoms with Gasteiger partial charge in [-0.1, -0.05) is 23.9 Å². The molecule has 0 aliphatic rings. The molecule has 2 N–H and O–H groups in total. The summed E-state index contributed by atoms with van der Waals surface area (Å²) in [4.78, 5) is 7.52. The highest BCUT2D eigenvalue weighted by molar-refractivity contribution is 8.93. The van der Waals surface area contributed by atoms with Crippen LogP contribution in [-0.2, 0) is 0 Å². The third-order valence-electron chi connectivity index (χ3n) is 1.70. The van der Waals surface area contributed by atoms with Crippen LogP contribution in [0.1, 0.15) is 0 Å². The van der Waals surface area contributed by atoms with Gasteiger partial charge in [-0.15, -0.1) is 17.0 Å². The Labute approximate surface area is 96.7 Å². The summed E-state index contributed by atoms with van der Waals surface area (Å²) in [7, 11) is 0. The van der Waals surface area contributed by atoms with Crippen LogP contribution < -0.4 is 0 Å². The van der Waals surface area contributed by atoms with Crippen LogP contribution in [0.25, 0.3) is 11.0 Å². The van der Waals surface area contributed by atoms with Crippen LogP contribution in [0.2, 0.25) is 0 Å². The van der Waals surface area contributed by atoms with E-state index in [4.69, 9.17) is 5.11 Å². The molecule has 0 unspecified atom stereocenters. The van der Waals surface area contributed by atoms with Gasteiger partial charge in [-0.2, -0.15) is 0 Å². The van der Waals surface area contributed by atoms with Crippen LogP contribution in [0.3, 0.4) is 0 Å². The Balaban J connectivity index is 0.000000980. The number of aliphatic hydroxyl groups is 1. The van der Waals surface area contributed by atoms with Crippen molar-refractivity contribution in [1.29, 1.82) is 0 Å². The SMILES string of the molecule is Br.OCCSc1nc2ccccc2[nH]1. The summed E-state index contributed by atoms with van der Waals surface area (Å²) >= 11 is 1.53. The zero-order chi connectivity index (χ0) is 9.10. The van der Waals surface area contributed by atoms with Crippen molar-refractivity contribution in [3.63, 3.8) is 0 Å². The van der Waals surface area contributed by atoms with Gasteiger partial charge in [0.25, 0.3) is 0 Å². The summed E-state index contributed by atoms with van der Waals surface area (Å²) < 4.78 is 0. The maximum absolute atomic E-state index is 8.64. The molecular formula is C9H11BrN2OS. The molecule has 0 amide bonds. The second-order valence-corrected chi connectivity index (χ2v) is 3.71. The van der Waals surface area contributed by atoms with Gasteiger partial charge in [0.1, 0.15) is 0 Å². The smallest absolute Gasteiger partial charge is 0.166 e. The molecule has 2 aromatic rings. The molecule has 2 rings (SSSR count). The number of aromatic nitrogens is 2. The molecule has 0 atom stereocenters. The highest BCUT2D eigenvalue weighted by atomic mass is 79.9. The Bertz CT molecular complexity index is 371. The van der Waals surface area contributed by atoms with Crippen molar-refractivity contribution >= 4 is 39.8 Å². The van der Waals surface area contributed by atoms with Gasteiger partial charge in [-0.25, -0.2) is 4.98 Å². The van der Waals surface area contributed by atoms with Crippen molar-refractivity contribution in [2.24, 2.45) is 0 Å². The molecule has 76 valence electrons. The van der Waals surface area contributed by atoms with Gasteiger partial charge in [0.15, 0.2) is 5.16 Å². The van der Waals surface area contributed by atoms with Crippen molar-refractivity contribution in [3.8, 4) is 0 Å². The monoisotopic (exact) mass is 274 g/mol. The van der Waals surface area contributed by atoms with Crippen LogP contribution in [0.5, 0.6) is 0 Å². The number of nitrogens with zero attached hydrogens (tertiary/aromatic N) is 1. The van der Waals surface area contributed by atoms with Crippen LogP contribution >= 0.6 is 28.7 Å². The molecule has 1 heterocycles. The summed E-state index contributed by atoms with van der Waals surface area (Å²) in [5.74, 6) is 0.680. The summed E-state index contributed by atoms with van der Waals surface area (Å²) in [5, 5.41) is 9.51. The van der Waals surface area contributed by atoms with Crippen LogP contribution in [0.15, 0.2) is 29.4 Å². The fraction of sp³-hybridized carbons (Fsp3) is 0.222. The molecule has 0 fully saturated rings. The number of halogens is 1. The largest absolute Gasteiger partial charge is 0.396 e. The Morgan fingerprint density at radius 3 is 2.86 bits per heavy atom. The number of imidazole rings is 1. The van der Waals surface area contributed by atoms with E-state index >= 15 is 0 Å². The van der Waals surface area contributed by atoms with Gasteiger partial charge in [0.2, 0.25) is 0 Å². The Morgan fingerprint density at radius 1 is 1.36 bits per heavy atom. The number of fused-ring (bicyclic) bond motifs is 1.